The summed E-state index contributed by atoms with van der Waals surface area (Å²) in [4.78, 5) is 0. The van der Waals surface area contributed by atoms with Crippen LogP contribution in [-0.2, 0) is 0 Å². The van der Waals surface area contributed by atoms with Crippen molar-refractivity contribution in [3.8, 4) is 17.0 Å². The van der Waals surface area contributed by atoms with Crippen molar-refractivity contribution in [3.05, 3.63) is 84.1 Å². The van der Waals surface area contributed by atoms with Gasteiger partial charge in [0, 0.05) is 30.2 Å². The van der Waals surface area contributed by atoms with E-state index in [1.807, 2.05) is 60.1 Å². The molecule has 1 heterocycles. The molecule has 0 fully saturated rings. The van der Waals surface area contributed by atoms with Crippen LogP contribution in [0.1, 0.15) is 11.3 Å². The molecule has 0 unspecified atom stereocenters. The summed E-state index contributed by atoms with van der Waals surface area (Å²) < 4.78 is 35.8. The second-order valence-corrected chi connectivity index (χ2v) is 6.17. The van der Waals surface area contributed by atoms with Gasteiger partial charge in [-0.05, 0) is 40.1 Å². The van der Waals surface area contributed by atoms with E-state index in [-0.39, 0.29) is 5.75 Å². The largest absolute Gasteiger partial charge is 0.507 e. The molecule has 0 bridgehead atoms. The zero-order valence-electron chi connectivity index (χ0n) is 14.4. The fourth-order valence-corrected chi connectivity index (χ4v) is 2.31. The first-order valence-electron chi connectivity index (χ1n) is 7.77. The fourth-order valence-electron chi connectivity index (χ4n) is 2.31. The number of phenolic OH excluding ortho intramolecular Hbond substituents is 1. The third-order valence-electron chi connectivity index (χ3n) is 3.47. The molecule has 27 heavy (non-hydrogen) atoms. The van der Waals surface area contributed by atoms with Crippen LogP contribution in [0.2, 0.25) is 0 Å². The summed E-state index contributed by atoms with van der Waals surface area (Å²) in [6.45, 7) is 2.01. The number of aromatic nitrogens is 1. The van der Waals surface area contributed by atoms with E-state index in [4.69, 9.17) is 18.6 Å². The number of aryl methyl sites for hydroxylation is 1. The summed E-state index contributed by atoms with van der Waals surface area (Å²) in [5, 5.41) is 14.4. The summed E-state index contributed by atoms with van der Waals surface area (Å²) in [5.74, 6) is 0.224. The normalized spacial score (nSPS) is 11.1. The smallest absolute Gasteiger partial charge is 0.245 e. The molecule has 0 aliphatic carbocycles. The lowest BCUT2D eigenvalue weighted by Crippen LogP contribution is -2.68. The maximum atomic E-state index is 9.84. The van der Waals surface area contributed by atoms with Crippen LogP contribution < -0.4 is 23.3 Å². The van der Waals surface area contributed by atoms with E-state index < -0.39 is 10.2 Å². The van der Waals surface area contributed by atoms with E-state index >= 15 is 0 Å². The topological polar surface area (TPSA) is 129 Å². The molecule has 3 aromatic rings. The number of pyridine rings is 1. The predicted octanol–water partition coefficient (Wildman–Crippen LogP) is -1.22. The number of hydrogen-bond acceptors (Lipinski definition) is 6. The lowest BCUT2D eigenvalue weighted by Gasteiger charge is -2.17. The minimum Gasteiger partial charge on any atom is -0.507 e. The van der Waals surface area contributed by atoms with Crippen molar-refractivity contribution in [2.24, 2.45) is 5.10 Å². The molecule has 0 aliphatic heterocycles. The third kappa shape index (κ3) is 6.78. The zero-order valence-corrected chi connectivity index (χ0v) is 15.1. The molecule has 0 saturated heterocycles. The second-order valence-electron chi connectivity index (χ2n) is 5.41. The average molecular weight is 389 g/mol. The number of phenols is 1. The molecule has 8 heteroatoms. The number of halogens is 1. The third-order valence-corrected chi connectivity index (χ3v) is 3.47. The summed E-state index contributed by atoms with van der Waals surface area (Å²) >= 11 is 0. The first kappa shape index (κ1) is 20.5. The molecule has 1 aromatic heterocycles. The van der Waals surface area contributed by atoms with Crippen LogP contribution in [-0.4, -0.2) is 11.3 Å². The zero-order chi connectivity index (χ0) is 19.9. The van der Waals surface area contributed by atoms with E-state index in [1.165, 1.54) is 0 Å². The van der Waals surface area contributed by atoms with Crippen LogP contribution in [0, 0.1) is 17.2 Å². The van der Waals surface area contributed by atoms with Crippen LogP contribution in [0.25, 0.3) is 11.3 Å². The van der Waals surface area contributed by atoms with Crippen LogP contribution in [0.15, 0.2) is 77.9 Å². The second kappa shape index (κ2) is 9.22. The Hall–Kier alpha value is -2.81. The van der Waals surface area contributed by atoms with Crippen molar-refractivity contribution >= 4 is 6.21 Å². The Kier molecular flexibility index (Phi) is 7.00. The Bertz CT molecular complexity index is 905. The van der Waals surface area contributed by atoms with Crippen molar-refractivity contribution < 1.29 is 38.7 Å². The Balaban J connectivity index is 0.000000465. The lowest BCUT2D eigenvalue weighted by atomic mass is 10.1. The van der Waals surface area contributed by atoms with Gasteiger partial charge >= 0.3 is 0 Å². The Morgan fingerprint density at radius 3 is 2.07 bits per heavy atom. The Morgan fingerprint density at radius 1 is 0.852 bits per heavy atom. The van der Waals surface area contributed by atoms with Gasteiger partial charge < -0.3 is 5.11 Å². The molecule has 0 radical (unpaired) electrons. The van der Waals surface area contributed by atoms with Crippen LogP contribution in [0.5, 0.6) is 5.75 Å². The van der Waals surface area contributed by atoms with E-state index in [1.54, 1.807) is 18.3 Å². The number of benzene rings is 2. The van der Waals surface area contributed by atoms with E-state index in [0.29, 0.717) is 5.56 Å². The first-order valence-corrected chi connectivity index (χ1v) is 9.00. The molecular formula is C19H17ClN2O5. The molecule has 3 rings (SSSR count). The molecule has 1 N–H and O–H groups in total. The molecule has 0 atom stereocenters. The van der Waals surface area contributed by atoms with E-state index in [2.05, 4.69) is 17.2 Å². The van der Waals surface area contributed by atoms with Crippen LogP contribution in [0.4, 0.5) is 0 Å². The number of rotatable bonds is 3. The standard InChI is InChI=1S/C19H16N2O.ClHO4/c1-15-8-7-12-18(16-9-3-2-4-10-16)21(15)20-14-17-11-5-6-13-19(17)22;2-1(3,4)5/h2-14H,1H3;(H,2,3,4,5). The highest BCUT2D eigenvalue weighted by molar-refractivity contribution is 5.82. The monoisotopic (exact) mass is 388 g/mol. The van der Waals surface area contributed by atoms with Gasteiger partial charge in [-0.15, -0.1) is 10.2 Å². The number of para-hydroxylation sites is 1. The molecule has 140 valence electrons. The van der Waals surface area contributed by atoms with Crippen molar-refractivity contribution in [3.63, 3.8) is 0 Å². The highest BCUT2D eigenvalue weighted by Gasteiger charge is 2.15. The van der Waals surface area contributed by atoms with Crippen molar-refractivity contribution in [1.82, 2.24) is 0 Å². The van der Waals surface area contributed by atoms with Gasteiger partial charge in [0.1, 0.15) is 12.0 Å². The van der Waals surface area contributed by atoms with E-state index in [9.17, 15) is 5.11 Å². The SMILES string of the molecule is Cc1cccc(-c2ccccc2)[n+]1/N=C/c1ccccc1O.[O-][Cl+3]([O-])([O-])[O-]. The van der Waals surface area contributed by atoms with Gasteiger partial charge in [-0.1, -0.05) is 30.3 Å². The van der Waals surface area contributed by atoms with Crippen molar-refractivity contribution in [2.75, 3.05) is 0 Å². The van der Waals surface area contributed by atoms with Gasteiger partial charge in [-0.3, -0.25) is 0 Å². The van der Waals surface area contributed by atoms with Gasteiger partial charge in [0.15, 0.2) is 0 Å². The maximum absolute atomic E-state index is 9.84. The minimum atomic E-state index is -4.94. The molecule has 0 saturated carbocycles. The van der Waals surface area contributed by atoms with Gasteiger partial charge in [0.25, 0.3) is 0 Å². The molecule has 0 aliphatic rings. The number of hydrogen-bond donors (Lipinski definition) is 1. The van der Waals surface area contributed by atoms with Gasteiger partial charge in [-0.2, -0.15) is 0 Å². The predicted molar refractivity (Wildman–Crippen MR) is 87.9 cm³/mol. The Labute approximate surface area is 158 Å². The molecule has 7 nitrogen and oxygen atoms in total. The van der Waals surface area contributed by atoms with Crippen LogP contribution in [0.3, 0.4) is 0 Å². The summed E-state index contributed by atoms with van der Waals surface area (Å²) in [6.07, 6.45) is 1.68. The van der Waals surface area contributed by atoms with Gasteiger partial charge in [-0.25, -0.2) is 18.6 Å². The van der Waals surface area contributed by atoms with E-state index in [0.717, 1.165) is 17.0 Å². The quantitative estimate of drug-likeness (QED) is 0.444. The molecular weight excluding hydrogens is 372 g/mol. The highest BCUT2D eigenvalue weighted by Crippen LogP contribution is 2.16. The number of aromatic hydroxyl groups is 1. The van der Waals surface area contributed by atoms with Gasteiger partial charge in [0.05, 0.1) is 0 Å². The van der Waals surface area contributed by atoms with Gasteiger partial charge in [0.2, 0.25) is 11.4 Å². The van der Waals surface area contributed by atoms with Crippen molar-refractivity contribution in [1.29, 1.82) is 0 Å². The Morgan fingerprint density at radius 2 is 1.44 bits per heavy atom. The first-order chi connectivity index (χ1) is 12.8. The minimum absolute atomic E-state index is 0.224. The van der Waals surface area contributed by atoms with Crippen molar-refractivity contribution in [2.45, 2.75) is 6.92 Å². The summed E-state index contributed by atoms with van der Waals surface area (Å²) in [7, 11) is -4.94. The molecule has 0 amide bonds. The maximum Gasteiger partial charge on any atom is 0.245 e. The lowest BCUT2D eigenvalue weighted by molar-refractivity contribution is -2.00. The summed E-state index contributed by atoms with van der Waals surface area (Å²) in [6, 6.07) is 23.3. The van der Waals surface area contributed by atoms with Crippen LogP contribution >= 0.6 is 0 Å². The molecule has 2 aromatic carbocycles. The molecule has 0 spiro atoms. The highest BCUT2D eigenvalue weighted by atomic mass is 35.7. The number of nitrogens with zero attached hydrogens (tertiary/aromatic N) is 2. The summed E-state index contributed by atoms with van der Waals surface area (Å²) in [5.41, 5.74) is 3.82. The fraction of sp³-hybridized carbons (Fsp3) is 0.0526. The average Bonchev–Trinajstić information content (AvgIpc) is 2.61.